The molecule has 0 bridgehead atoms. The highest BCUT2D eigenvalue weighted by Gasteiger charge is 2.22. The second kappa shape index (κ2) is 11.0. The first-order valence-corrected chi connectivity index (χ1v) is 11.4. The summed E-state index contributed by atoms with van der Waals surface area (Å²) in [4.78, 5) is 22.3. The van der Waals surface area contributed by atoms with Crippen molar-refractivity contribution in [3.8, 4) is 11.8 Å². The number of halogens is 2. The van der Waals surface area contributed by atoms with E-state index in [0.29, 0.717) is 23.3 Å². The first kappa shape index (κ1) is 24.2. The number of carbonyl (C=O) groups excluding carboxylic acids is 1. The molecule has 1 atom stereocenters. The van der Waals surface area contributed by atoms with Gasteiger partial charge in [-0.1, -0.05) is 36.4 Å². The van der Waals surface area contributed by atoms with Gasteiger partial charge in [-0.05, 0) is 42.0 Å². The van der Waals surface area contributed by atoms with Crippen molar-refractivity contribution in [3.05, 3.63) is 107 Å². The molecule has 1 N–H and O–H groups in total. The molecule has 3 aromatic carbocycles. The van der Waals surface area contributed by atoms with E-state index in [2.05, 4.69) is 15.3 Å². The van der Waals surface area contributed by atoms with E-state index in [-0.39, 0.29) is 5.25 Å². The lowest BCUT2D eigenvalue weighted by Crippen LogP contribution is -2.15. The number of nitrogens with zero attached hydrogens (tertiary/aromatic N) is 2. The molecule has 0 aliphatic carbocycles. The standard InChI is InChI=1S/C26H21F2N3O3S/c1-33-21-15-22(34-2)31-25(30-21)24(16-7-4-3-5-8-16)35-18-13-11-17(12-14-18)29-26(32)23-19(27)9-6-10-20(23)28/h3-15,24H,1-2H3,(H,29,32). The van der Waals surface area contributed by atoms with Crippen LogP contribution in [0.4, 0.5) is 14.5 Å². The number of benzene rings is 3. The molecule has 4 aromatic rings. The van der Waals surface area contributed by atoms with Crippen LogP contribution in [0, 0.1) is 11.6 Å². The van der Waals surface area contributed by atoms with E-state index in [1.165, 1.54) is 32.0 Å². The molecule has 0 radical (unpaired) electrons. The number of ether oxygens (including phenoxy) is 2. The fourth-order valence-corrected chi connectivity index (χ4v) is 4.38. The third kappa shape index (κ3) is 5.75. The molecule has 35 heavy (non-hydrogen) atoms. The molecule has 0 aliphatic heterocycles. The molecule has 0 saturated carbocycles. The molecule has 0 fully saturated rings. The molecule has 1 unspecified atom stereocenters. The Morgan fingerprint density at radius 2 is 1.46 bits per heavy atom. The van der Waals surface area contributed by atoms with Crippen LogP contribution in [-0.4, -0.2) is 30.1 Å². The van der Waals surface area contributed by atoms with Gasteiger partial charge in [0.25, 0.3) is 5.91 Å². The molecular weight excluding hydrogens is 472 g/mol. The van der Waals surface area contributed by atoms with E-state index in [1.807, 2.05) is 30.3 Å². The lowest BCUT2D eigenvalue weighted by atomic mass is 10.1. The van der Waals surface area contributed by atoms with Crippen molar-refractivity contribution in [2.75, 3.05) is 19.5 Å². The number of aromatic nitrogens is 2. The number of rotatable bonds is 8. The average Bonchev–Trinajstić information content (AvgIpc) is 2.88. The third-order valence-electron chi connectivity index (χ3n) is 5.01. The Morgan fingerprint density at radius 1 is 0.857 bits per heavy atom. The quantitative estimate of drug-likeness (QED) is 0.308. The summed E-state index contributed by atoms with van der Waals surface area (Å²) in [5.74, 6) is -1.44. The molecule has 6 nitrogen and oxygen atoms in total. The zero-order valence-corrected chi connectivity index (χ0v) is 19.7. The number of anilines is 1. The van der Waals surface area contributed by atoms with E-state index in [0.717, 1.165) is 22.6 Å². The molecule has 178 valence electrons. The van der Waals surface area contributed by atoms with Crippen LogP contribution in [0.5, 0.6) is 11.8 Å². The summed E-state index contributed by atoms with van der Waals surface area (Å²) in [7, 11) is 3.05. The van der Waals surface area contributed by atoms with Crippen molar-refractivity contribution in [3.63, 3.8) is 0 Å². The topological polar surface area (TPSA) is 73.3 Å². The first-order valence-electron chi connectivity index (χ1n) is 10.5. The minimum Gasteiger partial charge on any atom is -0.481 e. The zero-order valence-electron chi connectivity index (χ0n) is 18.9. The summed E-state index contributed by atoms with van der Waals surface area (Å²) in [6.07, 6.45) is 0. The maximum atomic E-state index is 13.9. The SMILES string of the molecule is COc1cc(OC)nc(C(Sc2ccc(NC(=O)c3c(F)cccc3F)cc2)c2ccccc2)n1. The minimum atomic E-state index is -0.922. The van der Waals surface area contributed by atoms with Gasteiger partial charge < -0.3 is 14.8 Å². The fraction of sp³-hybridized carbons (Fsp3) is 0.115. The molecule has 1 aromatic heterocycles. The molecule has 0 spiro atoms. The van der Waals surface area contributed by atoms with Gasteiger partial charge >= 0.3 is 0 Å². The van der Waals surface area contributed by atoms with Crippen LogP contribution in [0.1, 0.15) is 27.0 Å². The predicted octanol–water partition coefficient (Wildman–Crippen LogP) is 5.91. The van der Waals surface area contributed by atoms with Gasteiger partial charge in [-0.3, -0.25) is 4.79 Å². The number of carbonyl (C=O) groups is 1. The largest absolute Gasteiger partial charge is 0.481 e. The Balaban J connectivity index is 1.58. The highest BCUT2D eigenvalue weighted by atomic mass is 32.2. The summed E-state index contributed by atoms with van der Waals surface area (Å²) in [5, 5.41) is 2.24. The van der Waals surface area contributed by atoms with Crippen LogP contribution < -0.4 is 14.8 Å². The minimum absolute atomic E-state index is 0.284. The number of amides is 1. The van der Waals surface area contributed by atoms with Crippen LogP contribution in [0.25, 0.3) is 0 Å². The maximum absolute atomic E-state index is 13.9. The number of hydrogen-bond acceptors (Lipinski definition) is 6. The van der Waals surface area contributed by atoms with Gasteiger partial charge in [-0.25, -0.2) is 8.78 Å². The number of methoxy groups -OCH3 is 2. The lowest BCUT2D eigenvalue weighted by molar-refractivity contribution is 0.101. The predicted molar refractivity (Wildman–Crippen MR) is 130 cm³/mol. The molecule has 1 heterocycles. The monoisotopic (exact) mass is 493 g/mol. The van der Waals surface area contributed by atoms with Crippen molar-refractivity contribution in [2.24, 2.45) is 0 Å². The molecule has 4 rings (SSSR count). The zero-order chi connectivity index (χ0) is 24.8. The molecule has 1 amide bonds. The fourth-order valence-electron chi connectivity index (χ4n) is 3.31. The summed E-state index contributed by atoms with van der Waals surface area (Å²) in [6.45, 7) is 0. The maximum Gasteiger partial charge on any atom is 0.261 e. The van der Waals surface area contributed by atoms with E-state index < -0.39 is 23.1 Å². The van der Waals surface area contributed by atoms with Crippen molar-refractivity contribution in [2.45, 2.75) is 10.1 Å². The van der Waals surface area contributed by atoms with Gasteiger partial charge in [0.2, 0.25) is 11.8 Å². The molecule has 9 heteroatoms. The smallest absolute Gasteiger partial charge is 0.261 e. The van der Waals surface area contributed by atoms with Gasteiger partial charge in [0.15, 0.2) is 5.82 Å². The number of thioether (sulfide) groups is 1. The van der Waals surface area contributed by atoms with Crippen LogP contribution in [0.2, 0.25) is 0 Å². The van der Waals surface area contributed by atoms with Crippen LogP contribution in [-0.2, 0) is 0 Å². The molecule has 0 saturated heterocycles. The number of hydrogen-bond donors (Lipinski definition) is 1. The Hall–Kier alpha value is -3.98. The second-order valence-corrected chi connectivity index (χ2v) is 8.47. The summed E-state index contributed by atoms with van der Waals surface area (Å²) in [6, 6.07) is 21.5. The van der Waals surface area contributed by atoms with Gasteiger partial charge in [0.1, 0.15) is 17.2 Å². The van der Waals surface area contributed by atoms with Gasteiger partial charge in [0.05, 0.1) is 25.5 Å². The Bertz CT molecular complexity index is 1280. The summed E-state index contributed by atoms with van der Waals surface area (Å²) < 4.78 is 38.4. The van der Waals surface area contributed by atoms with Gasteiger partial charge in [0, 0.05) is 10.6 Å². The van der Waals surface area contributed by atoms with Crippen molar-refractivity contribution < 1.29 is 23.0 Å². The van der Waals surface area contributed by atoms with Gasteiger partial charge in [-0.2, -0.15) is 9.97 Å². The highest BCUT2D eigenvalue weighted by molar-refractivity contribution is 7.99. The number of nitrogens with one attached hydrogen (secondary N) is 1. The van der Waals surface area contributed by atoms with E-state index in [4.69, 9.17) is 9.47 Å². The summed E-state index contributed by atoms with van der Waals surface area (Å²) >= 11 is 1.49. The average molecular weight is 494 g/mol. The van der Waals surface area contributed by atoms with Crippen LogP contribution in [0.15, 0.2) is 83.8 Å². The lowest BCUT2D eigenvalue weighted by Gasteiger charge is -2.17. The van der Waals surface area contributed by atoms with Crippen molar-refractivity contribution in [1.82, 2.24) is 9.97 Å². The molecule has 0 aliphatic rings. The molecular formula is C26H21F2N3O3S. The van der Waals surface area contributed by atoms with Crippen molar-refractivity contribution in [1.29, 1.82) is 0 Å². The summed E-state index contributed by atoms with van der Waals surface area (Å²) in [5.41, 5.74) is 0.747. The second-order valence-electron chi connectivity index (χ2n) is 7.29. The van der Waals surface area contributed by atoms with E-state index in [9.17, 15) is 13.6 Å². The van der Waals surface area contributed by atoms with E-state index >= 15 is 0 Å². The Labute approximate surface area is 205 Å². The van der Waals surface area contributed by atoms with Crippen LogP contribution >= 0.6 is 11.8 Å². The normalized spacial score (nSPS) is 11.5. The highest BCUT2D eigenvalue weighted by Crippen LogP contribution is 2.40. The Morgan fingerprint density at radius 3 is 2.03 bits per heavy atom. The van der Waals surface area contributed by atoms with Crippen LogP contribution in [0.3, 0.4) is 0 Å². The first-order chi connectivity index (χ1) is 17.0. The van der Waals surface area contributed by atoms with Crippen molar-refractivity contribution >= 4 is 23.4 Å². The van der Waals surface area contributed by atoms with Gasteiger partial charge in [-0.15, -0.1) is 11.8 Å². The van der Waals surface area contributed by atoms with E-state index in [1.54, 1.807) is 30.3 Å². The Kier molecular flexibility index (Phi) is 7.57. The third-order valence-corrected chi connectivity index (χ3v) is 6.27.